The predicted octanol–water partition coefficient (Wildman–Crippen LogP) is 5.33. The molecule has 0 fully saturated rings. The van der Waals surface area contributed by atoms with E-state index in [2.05, 4.69) is 86.8 Å². The molecule has 0 N–H and O–H groups in total. The Kier molecular flexibility index (Phi) is 3.32. The van der Waals surface area contributed by atoms with Crippen LogP contribution in [0.2, 0.25) is 22.2 Å². The lowest BCUT2D eigenvalue weighted by molar-refractivity contribution is 0.899. The zero-order valence-corrected chi connectivity index (χ0v) is 12.7. The van der Waals surface area contributed by atoms with Crippen molar-refractivity contribution in [2.45, 2.75) is 36.0 Å². The molecule has 0 aliphatic heterocycles. The van der Waals surface area contributed by atoms with Crippen LogP contribution in [0.4, 0.5) is 0 Å². The van der Waals surface area contributed by atoms with Gasteiger partial charge in [0.15, 0.2) is 0 Å². The fraction of sp³-hybridized carbons (Fsp3) is 0.333. The van der Waals surface area contributed by atoms with Gasteiger partial charge in [-0.25, -0.2) is 0 Å². The molecular weight excluding hydrogens is 244 g/mol. The van der Waals surface area contributed by atoms with Crippen molar-refractivity contribution in [1.82, 2.24) is 0 Å². The van der Waals surface area contributed by atoms with E-state index in [-0.39, 0.29) is 0 Å². The van der Waals surface area contributed by atoms with E-state index in [4.69, 9.17) is 0 Å². The summed E-state index contributed by atoms with van der Waals surface area (Å²) < 4.78 is 0. The second kappa shape index (κ2) is 4.97. The molecule has 0 aromatic rings. The lowest BCUT2D eigenvalue weighted by Gasteiger charge is -2.46. The summed E-state index contributed by atoms with van der Waals surface area (Å²) in [5, 5.41) is 0. The first-order valence-electron chi connectivity index (χ1n) is 7.31. The summed E-state index contributed by atoms with van der Waals surface area (Å²) >= 11 is 0. The van der Waals surface area contributed by atoms with Gasteiger partial charge in [-0.2, -0.15) is 0 Å². The maximum absolute atomic E-state index is 2.44. The zero-order chi connectivity index (χ0) is 13.3. The third kappa shape index (κ3) is 1.88. The monoisotopic (exact) mass is 266 g/mol. The topological polar surface area (TPSA) is 0 Å². The fourth-order valence-electron chi connectivity index (χ4n) is 4.12. The molecule has 3 aliphatic rings. The van der Waals surface area contributed by atoms with E-state index in [1.54, 1.807) is 0 Å². The second-order valence-electron chi connectivity index (χ2n) is 6.04. The maximum Gasteiger partial charge on any atom is 0.0888 e. The molecule has 3 aliphatic carbocycles. The predicted molar refractivity (Wildman–Crippen MR) is 86.9 cm³/mol. The van der Waals surface area contributed by atoms with E-state index in [1.807, 2.05) is 0 Å². The number of hydrogen-bond donors (Lipinski definition) is 0. The molecule has 0 unspecified atom stereocenters. The molecule has 0 radical (unpaired) electrons. The molecule has 0 amide bonds. The van der Waals surface area contributed by atoms with Crippen molar-refractivity contribution in [2.75, 3.05) is 0 Å². The van der Waals surface area contributed by atoms with Crippen LogP contribution in [0.3, 0.4) is 0 Å². The van der Waals surface area contributed by atoms with Gasteiger partial charge in [-0.3, -0.25) is 0 Å². The minimum atomic E-state index is -1.59. The van der Waals surface area contributed by atoms with Gasteiger partial charge in [0, 0.05) is 0 Å². The van der Waals surface area contributed by atoms with E-state index >= 15 is 0 Å². The van der Waals surface area contributed by atoms with Crippen molar-refractivity contribution in [3.63, 3.8) is 0 Å². The molecule has 3 rings (SSSR count). The van der Waals surface area contributed by atoms with Crippen LogP contribution in [0, 0.1) is 0 Å². The van der Waals surface area contributed by atoms with Crippen LogP contribution in [0.15, 0.2) is 72.9 Å². The summed E-state index contributed by atoms with van der Waals surface area (Å²) in [7, 11) is -1.59. The van der Waals surface area contributed by atoms with Crippen molar-refractivity contribution in [3.05, 3.63) is 72.9 Å². The molecule has 98 valence electrons. The third-order valence-corrected chi connectivity index (χ3v) is 11.6. The van der Waals surface area contributed by atoms with Crippen molar-refractivity contribution in [1.29, 1.82) is 0 Å². The summed E-state index contributed by atoms with van der Waals surface area (Å²) in [6, 6.07) is 0. The number of rotatable bonds is 4. The van der Waals surface area contributed by atoms with Crippen LogP contribution in [0.1, 0.15) is 13.8 Å². The van der Waals surface area contributed by atoms with Crippen molar-refractivity contribution >= 4 is 8.07 Å². The highest BCUT2D eigenvalue weighted by molar-refractivity contribution is 6.87. The van der Waals surface area contributed by atoms with Gasteiger partial charge in [0.05, 0.1) is 8.07 Å². The Morgan fingerprint density at radius 3 is 1.05 bits per heavy atom. The van der Waals surface area contributed by atoms with Gasteiger partial charge in [-0.1, -0.05) is 86.8 Å². The molecule has 0 nitrogen and oxygen atoms in total. The van der Waals surface area contributed by atoms with Gasteiger partial charge in [-0.15, -0.1) is 0 Å². The Hall–Kier alpha value is -1.34. The lowest BCUT2D eigenvalue weighted by atomic mass is 10.4. The van der Waals surface area contributed by atoms with Gasteiger partial charge < -0.3 is 0 Å². The number of allylic oxidation sites excluding steroid dienone is 12. The maximum atomic E-state index is 2.44. The Balaban J connectivity index is 2.10. The Bertz CT molecular complexity index is 408. The van der Waals surface area contributed by atoms with Gasteiger partial charge in [0.2, 0.25) is 0 Å². The molecule has 19 heavy (non-hydrogen) atoms. The number of hydrogen-bond acceptors (Lipinski definition) is 0. The van der Waals surface area contributed by atoms with Gasteiger partial charge >= 0.3 is 0 Å². The molecule has 0 atom stereocenters. The van der Waals surface area contributed by atoms with E-state index in [1.165, 1.54) is 0 Å². The summed E-state index contributed by atoms with van der Waals surface area (Å²) in [5.74, 6) is 0. The highest BCUT2D eigenvalue weighted by atomic mass is 28.3. The summed E-state index contributed by atoms with van der Waals surface area (Å²) in [4.78, 5) is 0. The highest BCUT2D eigenvalue weighted by Crippen LogP contribution is 2.55. The molecule has 0 bridgehead atoms. The molecule has 1 heteroatoms. The normalized spacial score (nSPS) is 22.9. The van der Waals surface area contributed by atoms with E-state index in [0.717, 1.165) is 5.54 Å². The summed E-state index contributed by atoms with van der Waals surface area (Å²) in [5.41, 5.74) is 2.71. The van der Waals surface area contributed by atoms with Gasteiger partial charge in [0.1, 0.15) is 0 Å². The Morgan fingerprint density at radius 1 is 0.579 bits per heavy atom. The SMILES string of the molecule is CC(C)[Si](C1C=CC=C1)(C1C=CC=C1)C1C=CC=C1. The minimum absolute atomic E-state index is 0.655. The van der Waals surface area contributed by atoms with Gasteiger partial charge in [0.25, 0.3) is 0 Å². The summed E-state index contributed by atoms with van der Waals surface area (Å²) in [6.45, 7) is 4.87. The standard InChI is InChI=1S/C18H22Si/c1-15(2)19(16-9-3-4-10-16,17-11-5-6-12-17)18-13-7-8-14-18/h3-18H,1-2H3. The van der Waals surface area contributed by atoms with Crippen LogP contribution in [-0.2, 0) is 0 Å². The average molecular weight is 266 g/mol. The zero-order valence-electron chi connectivity index (χ0n) is 11.7. The molecule has 0 aromatic carbocycles. The minimum Gasteiger partial charge on any atom is -0.0803 e. The second-order valence-corrected chi connectivity index (χ2v) is 11.2. The van der Waals surface area contributed by atoms with Crippen molar-refractivity contribution in [2.24, 2.45) is 0 Å². The van der Waals surface area contributed by atoms with Crippen LogP contribution < -0.4 is 0 Å². The first-order chi connectivity index (χ1) is 9.26. The Morgan fingerprint density at radius 2 is 0.842 bits per heavy atom. The summed E-state index contributed by atoms with van der Waals surface area (Å²) in [6.07, 6.45) is 28.0. The first-order valence-corrected chi connectivity index (χ1v) is 9.62. The Labute approximate surface area is 117 Å². The van der Waals surface area contributed by atoms with E-state index in [9.17, 15) is 0 Å². The highest BCUT2D eigenvalue weighted by Gasteiger charge is 2.51. The molecule has 0 saturated heterocycles. The molecule has 0 aromatic heterocycles. The van der Waals surface area contributed by atoms with E-state index < -0.39 is 8.07 Å². The van der Waals surface area contributed by atoms with Gasteiger partial charge in [-0.05, 0) is 22.2 Å². The van der Waals surface area contributed by atoms with Crippen LogP contribution >= 0.6 is 0 Å². The average Bonchev–Trinajstić information content (AvgIpc) is 3.15. The van der Waals surface area contributed by atoms with Crippen molar-refractivity contribution in [3.8, 4) is 0 Å². The smallest absolute Gasteiger partial charge is 0.0803 e. The molecular formula is C18H22Si. The molecule has 0 saturated carbocycles. The van der Waals surface area contributed by atoms with Crippen LogP contribution in [0.25, 0.3) is 0 Å². The van der Waals surface area contributed by atoms with Crippen LogP contribution in [-0.4, -0.2) is 8.07 Å². The molecule has 0 heterocycles. The quantitative estimate of drug-likeness (QED) is 0.603. The molecule has 0 spiro atoms. The first kappa shape index (κ1) is 12.7. The van der Waals surface area contributed by atoms with E-state index in [0.29, 0.717) is 16.6 Å². The fourth-order valence-corrected chi connectivity index (χ4v) is 10.4. The largest absolute Gasteiger partial charge is 0.0888 e. The third-order valence-electron chi connectivity index (χ3n) is 4.98. The van der Waals surface area contributed by atoms with Crippen molar-refractivity contribution < 1.29 is 0 Å². The lowest BCUT2D eigenvalue weighted by Crippen LogP contribution is -2.48. The van der Waals surface area contributed by atoms with Crippen LogP contribution in [0.5, 0.6) is 0 Å².